The van der Waals surface area contributed by atoms with Gasteiger partial charge in [0, 0.05) is 26.7 Å². The number of carbonyl (C=O) groups is 2. The fourth-order valence-corrected chi connectivity index (χ4v) is 5.54. The minimum Gasteiger partial charge on any atom is -0.353 e. The van der Waals surface area contributed by atoms with Crippen molar-refractivity contribution in [2.45, 2.75) is 26.7 Å². The minimum absolute atomic E-state index is 0.0698. The molecule has 1 N–H and O–H groups in total. The zero-order chi connectivity index (χ0) is 21.1. The van der Waals surface area contributed by atoms with Gasteiger partial charge in [0.15, 0.2) is 11.6 Å². The number of rotatable bonds is 6. The zero-order valence-corrected chi connectivity index (χ0v) is 18.6. The van der Waals surface area contributed by atoms with Gasteiger partial charge in [0.25, 0.3) is 0 Å². The second kappa shape index (κ2) is 9.00. The van der Waals surface area contributed by atoms with Crippen LogP contribution in [0.4, 0.5) is 0 Å². The summed E-state index contributed by atoms with van der Waals surface area (Å²) in [6.07, 6.45) is 0. The number of dihydropyridines is 1. The third-order valence-electron chi connectivity index (χ3n) is 4.68. The molecule has 1 aliphatic heterocycles. The summed E-state index contributed by atoms with van der Waals surface area (Å²) in [6.45, 7) is 5.33. The van der Waals surface area contributed by atoms with Gasteiger partial charge in [-0.3, -0.25) is 9.59 Å². The van der Waals surface area contributed by atoms with Crippen molar-refractivity contribution in [3.05, 3.63) is 78.6 Å². The van der Waals surface area contributed by atoms with Gasteiger partial charge in [-0.25, -0.2) is 0 Å². The third kappa shape index (κ3) is 4.48. The first-order valence-electron chi connectivity index (χ1n) is 8.92. The van der Waals surface area contributed by atoms with Gasteiger partial charge in [-0.2, -0.15) is 5.26 Å². The highest BCUT2D eigenvalue weighted by atomic mass is 35.5. The molecular formula is C22H19ClN2O2S2. The van der Waals surface area contributed by atoms with E-state index >= 15 is 0 Å². The molecule has 2 aromatic rings. The number of carbonyl (C=O) groups excluding carboxylic acids is 2. The fourth-order valence-electron chi connectivity index (χ4n) is 3.32. The molecule has 0 bridgehead atoms. The van der Waals surface area contributed by atoms with Crippen LogP contribution < -0.4 is 5.32 Å². The maximum atomic E-state index is 12.6. The van der Waals surface area contributed by atoms with Crippen molar-refractivity contribution in [3.63, 3.8) is 0 Å². The van der Waals surface area contributed by atoms with Crippen molar-refractivity contribution in [2.24, 2.45) is 0 Å². The molecule has 0 amide bonds. The maximum Gasteiger partial charge on any atom is 0.173 e. The van der Waals surface area contributed by atoms with E-state index in [1.807, 2.05) is 25.3 Å². The van der Waals surface area contributed by atoms with Crippen LogP contribution >= 0.6 is 34.7 Å². The van der Waals surface area contributed by atoms with E-state index in [9.17, 15) is 14.9 Å². The average molecular weight is 443 g/mol. The molecule has 0 saturated heterocycles. The van der Waals surface area contributed by atoms with E-state index in [0.717, 1.165) is 10.4 Å². The molecule has 29 heavy (non-hydrogen) atoms. The van der Waals surface area contributed by atoms with Crippen LogP contribution in [0, 0.1) is 18.3 Å². The van der Waals surface area contributed by atoms with Crippen molar-refractivity contribution in [1.82, 2.24) is 5.32 Å². The predicted octanol–water partition coefficient (Wildman–Crippen LogP) is 5.61. The first-order valence-corrected chi connectivity index (χ1v) is 11.2. The molecule has 1 unspecified atom stereocenters. The standard InChI is InChI=1S/C22H19ClN2O2S2/c1-12-7-8-28-21(12)20-17(10-24)22(25-13(2)19(20)14(3)26)29-11-18(27)15-5-4-6-16(23)9-15/h4-9,20,25H,11H2,1-3H3. The van der Waals surface area contributed by atoms with Crippen LogP contribution in [0.5, 0.6) is 0 Å². The minimum atomic E-state index is -0.414. The number of hydrogen-bond acceptors (Lipinski definition) is 6. The number of hydrogen-bond donors (Lipinski definition) is 1. The van der Waals surface area contributed by atoms with E-state index in [1.165, 1.54) is 30.0 Å². The summed E-state index contributed by atoms with van der Waals surface area (Å²) in [5.74, 6) is -0.402. The zero-order valence-electron chi connectivity index (χ0n) is 16.2. The number of nitrogens with zero attached hydrogens (tertiary/aromatic N) is 1. The number of nitrogens with one attached hydrogen (secondary N) is 1. The lowest BCUT2D eigenvalue weighted by atomic mass is 9.84. The highest BCUT2D eigenvalue weighted by Gasteiger charge is 2.34. The van der Waals surface area contributed by atoms with Crippen LogP contribution in [0.3, 0.4) is 0 Å². The molecule has 0 radical (unpaired) electrons. The first kappa shape index (κ1) is 21.4. The number of benzene rings is 1. The van der Waals surface area contributed by atoms with Crippen LogP contribution in [0.1, 0.15) is 40.6 Å². The molecule has 7 heteroatoms. The van der Waals surface area contributed by atoms with Crippen LogP contribution in [-0.2, 0) is 4.79 Å². The smallest absolute Gasteiger partial charge is 0.173 e. The molecule has 1 aromatic carbocycles. The SMILES string of the molecule is CC(=O)C1=C(C)NC(SCC(=O)c2cccc(Cl)c2)=C(C#N)C1c1sccc1C. The van der Waals surface area contributed by atoms with Crippen molar-refractivity contribution in [3.8, 4) is 6.07 Å². The normalized spacial score (nSPS) is 16.4. The molecule has 0 aliphatic carbocycles. The van der Waals surface area contributed by atoms with Gasteiger partial charge in [-0.15, -0.1) is 11.3 Å². The number of halogens is 1. The van der Waals surface area contributed by atoms with Gasteiger partial charge < -0.3 is 5.32 Å². The van der Waals surface area contributed by atoms with E-state index in [0.29, 0.717) is 32.5 Å². The Hall–Kier alpha value is -2.33. The molecule has 1 aliphatic rings. The number of aryl methyl sites for hydroxylation is 1. The number of thioether (sulfide) groups is 1. The maximum absolute atomic E-state index is 12.6. The number of allylic oxidation sites excluding steroid dienone is 3. The molecule has 1 atom stereocenters. The summed E-state index contributed by atoms with van der Waals surface area (Å²) in [5.41, 5.74) is 3.35. The Morgan fingerprint density at radius 3 is 2.66 bits per heavy atom. The first-order chi connectivity index (χ1) is 13.8. The Labute approximate surface area is 183 Å². The molecule has 148 valence electrons. The Bertz CT molecular complexity index is 1090. The van der Waals surface area contributed by atoms with E-state index in [1.54, 1.807) is 24.3 Å². The number of thiophene rings is 1. The molecule has 0 spiro atoms. The lowest BCUT2D eigenvalue weighted by Gasteiger charge is -2.29. The van der Waals surface area contributed by atoms with Gasteiger partial charge in [0.05, 0.1) is 28.3 Å². The van der Waals surface area contributed by atoms with Gasteiger partial charge in [0.2, 0.25) is 0 Å². The molecular weight excluding hydrogens is 424 g/mol. The highest BCUT2D eigenvalue weighted by Crippen LogP contribution is 2.43. The van der Waals surface area contributed by atoms with Crippen molar-refractivity contribution in [2.75, 3.05) is 5.75 Å². The van der Waals surface area contributed by atoms with Crippen molar-refractivity contribution >= 4 is 46.3 Å². The van der Waals surface area contributed by atoms with Crippen LogP contribution in [0.25, 0.3) is 0 Å². The molecule has 1 aromatic heterocycles. The molecule has 4 nitrogen and oxygen atoms in total. The van der Waals surface area contributed by atoms with E-state index in [2.05, 4.69) is 11.4 Å². The van der Waals surface area contributed by atoms with Gasteiger partial charge >= 0.3 is 0 Å². The second-order valence-electron chi connectivity index (χ2n) is 6.70. The lowest BCUT2D eigenvalue weighted by molar-refractivity contribution is -0.113. The van der Waals surface area contributed by atoms with Crippen molar-refractivity contribution < 1.29 is 9.59 Å². The Morgan fingerprint density at radius 1 is 1.31 bits per heavy atom. The summed E-state index contributed by atoms with van der Waals surface area (Å²) in [4.78, 5) is 25.9. The largest absolute Gasteiger partial charge is 0.353 e. The summed E-state index contributed by atoms with van der Waals surface area (Å²) in [7, 11) is 0. The average Bonchev–Trinajstić information content (AvgIpc) is 3.10. The van der Waals surface area contributed by atoms with Crippen LogP contribution in [-0.4, -0.2) is 17.3 Å². The number of ketones is 2. The monoisotopic (exact) mass is 442 g/mol. The Morgan fingerprint density at radius 2 is 2.07 bits per heavy atom. The van der Waals surface area contributed by atoms with Crippen molar-refractivity contribution in [1.29, 1.82) is 5.26 Å². The van der Waals surface area contributed by atoms with E-state index in [-0.39, 0.29) is 17.3 Å². The second-order valence-corrected chi connectivity index (χ2v) is 9.07. The molecule has 3 rings (SSSR count). The Balaban J connectivity index is 1.95. The number of nitriles is 1. The summed E-state index contributed by atoms with van der Waals surface area (Å²) >= 11 is 8.79. The van der Waals surface area contributed by atoms with Crippen LogP contribution in [0.2, 0.25) is 5.02 Å². The lowest BCUT2D eigenvalue weighted by Crippen LogP contribution is -2.27. The molecule has 0 saturated carbocycles. The van der Waals surface area contributed by atoms with E-state index in [4.69, 9.17) is 11.6 Å². The quantitative estimate of drug-likeness (QED) is 0.588. The van der Waals surface area contributed by atoms with Crippen LogP contribution in [0.15, 0.2) is 57.6 Å². The topological polar surface area (TPSA) is 70.0 Å². The fraction of sp³-hybridized carbons (Fsp3) is 0.227. The number of Topliss-reactive ketones (excluding diaryl/α,β-unsaturated/α-hetero) is 2. The third-order valence-corrected chi connectivity index (χ3v) is 7.02. The molecule has 2 heterocycles. The predicted molar refractivity (Wildman–Crippen MR) is 119 cm³/mol. The summed E-state index contributed by atoms with van der Waals surface area (Å²) < 4.78 is 0. The van der Waals surface area contributed by atoms with Gasteiger partial charge in [-0.05, 0) is 49.9 Å². The van der Waals surface area contributed by atoms with E-state index < -0.39 is 5.92 Å². The highest BCUT2D eigenvalue weighted by molar-refractivity contribution is 8.03. The Kier molecular flexibility index (Phi) is 6.63. The molecule has 0 fully saturated rings. The van der Waals surface area contributed by atoms with Gasteiger partial charge in [-0.1, -0.05) is 35.5 Å². The summed E-state index contributed by atoms with van der Waals surface area (Å²) in [5, 5.41) is 16.2. The summed E-state index contributed by atoms with van der Waals surface area (Å²) in [6, 6.07) is 11.1. The van der Waals surface area contributed by atoms with Gasteiger partial charge in [0.1, 0.15) is 0 Å².